The molecule has 0 atom stereocenters. The summed E-state index contributed by atoms with van der Waals surface area (Å²) in [5.41, 5.74) is 6.51. The van der Waals surface area contributed by atoms with Crippen LogP contribution in [0.4, 0.5) is 0 Å². The maximum Gasteiger partial charge on any atom is 0.121 e. The molecule has 0 saturated heterocycles. The van der Waals surface area contributed by atoms with E-state index in [9.17, 15) is 0 Å². The largest absolute Gasteiger partial charge is 0.497 e. The van der Waals surface area contributed by atoms with Crippen LogP contribution in [0.2, 0.25) is 0 Å². The van der Waals surface area contributed by atoms with E-state index in [0.29, 0.717) is 6.54 Å². The number of hydrogen-bond acceptors (Lipinski definition) is 4. The summed E-state index contributed by atoms with van der Waals surface area (Å²) < 4.78 is 7.36. The van der Waals surface area contributed by atoms with Crippen LogP contribution >= 0.6 is 27.3 Å². The highest BCUT2D eigenvalue weighted by atomic mass is 79.9. The zero-order chi connectivity index (χ0) is 11.5. The van der Waals surface area contributed by atoms with Crippen molar-refractivity contribution in [2.45, 2.75) is 12.8 Å². The van der Waals surface area contributed by atoms with Gasteiger partial charge in [0.1, 0.15) is 5.75 Å². The number of aryl methyl sites for hydroxylation is 1. The smallest absolute Gasteiger partial charge is 0.121 e. The first-order valence-electron chi connectivity index (χ1n) is 5.07. The molecule has 0 aliphatic rings. The molecule has 0 unspecified atom stereocenters. The molecule has 0 saturated carbocycles. The molecule has 86 valence electrons. The maximum absolute atomic E-state index is 5.49. The highest BCUT2D eigenvalue weighted by Gasteiger charge is 2.08. The first-order chi connectivity index (χ1) is 7.74. The van der Waals surface area contributed by atoms with Gasteiger partial charge in [-0.1, -0.05) is 0 Å². The SMILES string of the molecule is COc1cc(Br)c2nc(CCCN)sc2c1. The molecule has 0 radical (unpaired) electrons. The Morgan fingerprint density at radius 1 is 1.50 bits per heavy atom. The van der Waals surface area contributed by atoms with Gasteiger partial charge in [-0.2, -0.15) is 0 Å². The van der Waals surface area contributed by atoms with Crippen LogP contribution in [0.25, 0.3) is 10.2 Å². The van der Waals surface area contributed by atoms with Crippen molar-refractivity contribution in [2.24, 2.45) is 5.73 Å². The molecule has 16 heavy (non-hydrogen) atoms. The van der Waals surface area contributed by atoms with E-state index in [4.69, 9.17) is 10.5 Å². The van der Waals surface area contributed by atoms with Gasteiger partial charge >= 0.3 is 0 Å². The molecule has 1 aromatic heterocycles. The zero-order valence-corrected chi connectivity index (χ0v) is 11.4. The van der Waals surface area contributed by atoms with Crippen molar-refractivity contribution in [1.29, 1.82) is 0 Å². The third-order valence-electron chi connectivity index (χ3n) is 2.30. The Hall–Kier alpha value is -0.650. The third-order valence-corrected chi connectivity index (χ3v) is 3.96. The van der Waals surface area contributed by atoms with Gasteiger partial charge in [-0.05, 0) is 41.0 Å². The molecule has 3 nitrogen and oxygen atoms in total. The number of nitrogens with two attached hydrogens (primary N) is 1. The highest BCUT2D eigenvalue weighted by molar-refractivity contribution is 9.10. The van der Waals surface area contributed by atoms with E-state index < -0.39 is 0 Å². The van der Waals surface area contributed by atoms with Crippen LogP contribution in [0.5, 0.6) is 5.75 Å². The Morgan fingerprint density at radius 2 is 2.31 bits per heavy atom. The minimum atomic E-state index is 0.709. The molecule has 1 aromatic carbocycles. The summed E-state index contributed by atoms with van der Waals surface area (Å²) in [4.78, 5) is 4.59. The molecular weight excluding hydrogens is 288 g/mol. The van der Waals surface area contributed by atoms with E-state index >= 15 is 0 Å². The predicted molar refractivity (Wildman–Crippen MR) is 71.2 cm³/mol. The minimum absolute atomic E-state index is 0.709. The normalized spacial score (nSPS) is 10.9. The van der Waals surface area contributed by atoms with Crippen LogP contribution in [0.1, 0.15) is 11.4 Å². The summed E-state index contributed by atoms with van der Waals surface area (Å²) in [6, 6.07) is 3.96. The topological polar surface area (TPSA) is 48.1 Å². The Balaban J connectivity index is 2.40. The Morgan fingerprint density at radius 3 is 3.00 bits per heavy atom. The molecule has 0 spiro atoms. The molecule has 0 bridgehead atoms. The number of benzene rings is 1. The van der Waals surface area contributed by atoms with Gasteiger partial charge in [-0.3, -0.25) is 0 Å². The molecule has 0 amide bonds. The predicted octanol–water partition coefficient (Wildman–Crippen LogP) is 2.96. The van der Waals surface area contributed by atoms with E-state index in [0.717, 1.165) is 38.3 Å². The first-order valence-corrected chi connectivity index (χ1v) is 6.68. The molecule has 0 aliphatic carbocycles. The fraction of sp³-hybridized carbons (Fsp3) is 0.364. The van der Waals surface area contributed by atoms with Gasteiger partial charge in [0, 0.05) is 10.9 Å². The number of ether oxygens (including phenoxy) is 1. The maximum atomic E-state index is 5.49. The lowest BCUT2D eigenvalue weighted by Crippen LogP contribution is -1.99. The average molecular weight is 301 g/mol. The zero-order valence-electron chi connectivity index (χ0n) is 9.00. The van der Waals surface area contributed by atoms with Gasteiger partial charge in [-0.15, -0.1) is 11.3 Å². The van der Waals surface area contributed by atoms with Gasteiger partial charge in [0.25, 0.3) is 0 Å². The monoisotopic (exact) mass is 300 g/mol. The van der Waals surface area contributed by atoms with Crippen LogP contribution in [0.3, 0.4) is 0 Å². The van der Waals surface area contributed by atoms with E-state index in [-0.39, 0.29) is 0 Å². The molecule has 2 rings (SSSR count). The van der Waals surface area contributed by atoms with Crippen LogP contribution in [-0.4, -0.2) is 18.6 Å². The second kappa shape index (κ2) is 5.12. The summed E-state index contributed by atoms with van der Waals surface area (Å²) in [5, 5.41) is 1.13. The molecule has 2 aromatic rings. The summed E-state index contributed by atoms with van der Waals surface area (Å²) in [7, 11) is 1.67. The third kappa shape index (κ3) is 2.36. The summed E-state index contributed by atoms with van der Waals surface area (Å²) in [6.45, 7) is 0.709. The van der Waals surface area contributed by atoms with Crippen LogP contribution in [-0.2, 0) is 6.42 Å². The van der Waals surface area contributed by atoms with Crippen molar-refractivity contribution >= 4 is 37.5 Å². The van der Waals surface area contributed by atoms with Crippen LogP contribution in [0.15, 0.2) is 16.6 Å². The molecular formula is C11H13BrN2OS. The highest BCUT2D eigenvalue weighted by Crippen LogP contribution is 2.33. The lowest BCUT2D eigenvalue weighted by molar-refractivity contribution is 0.415. The van der Waals surface area contributed by atoms with Crippen LogP contribution < -0.4 is 10.5 Å². The fourth-order valence-corrected chi connectivity index (χ4v) is 3.21. The standard InChI is InChI=1S/C11H13BrN2OS/c1-15-7-5-8(12)11-9(6-7)16-10(14-11)3-2-4-13/h5-6H,2-4,13H2,1H3. The first kappa shape index (κ1) is 11.8. The number of thiazole rings is 1. The van der Waals surface area contributed by atoms with Crippen molar-refractivity contribution in [3.8, 4) is 5.75 Å². The van der Waals surface area contributed by atoms with Crippen molar-refractivity contribution in [1.82, 2.24) is 4.98 Å². The van der Waals surface area contributed by atoms with Crippen molar-refractivity contribution in [3.63, 3.8) is 0 Å². The Labute approximate surface area is 107 Å². The number of fused-ring (bicyclic) bond motifs is 1. The van der Waals surface area contributed by atoms with E-state index in [1.807, 2.05) is 12.1 Å². The molecule has 1 heterocycles. The van der Waals surface area contributed by atoms with Crippen LogP contribution in [0, 0.1) is 0 Å². The quantitative estimate of drug-likeness (QED) is 0.944. The number of aromatic nitrogens is 1. The van der Waals surface area contributed by atoms with Gasteiger partial charge in [-0.25, -0.2) is 4.98 Å². The molecule has 5 heteroatoms. The summed E-state index contributed by atoms with van der Waals surface area (Å²) >= 11 is 5.21. The lowest BCUT2D eigenvalue weighted by Gasteiger charge is -1.99. The number of rotatable bonds is 4. The number of halogens is 1. The lowest BCUT2D eigenvalue weighted by atomic mass is 10.3. The van der Waals surface area contributed by atoms with E-state index in [2.05, 4.69) is 20.9 Å². The second-order valence-electron chi connectivity index (χ2n) is 3.46. The number of methoxy groups -OCH3 is 1. The number of nitrogens with zero attached hydrogens (tertiary/aromatic N) is 1. The average Bonchev–Trinajstić information content (AvgIpc) is 2.69. The fourth-order valence-electron chi connectivity index (χ4n) is 1.49. The Kier molecular flexibility index (Phi) is 3.78. The number of hydrogen-bond donors (Lipinski definition) is 1. The van der Waals surface area contributed by atoms with Crippen molar-refractivity contribution < 1.29 is 4.74 Å². The van der Waals surface area contributed by atoms with Gasteiger partial charge < -0.3 is 10.5 Å². The summed E-state index contributed by atoms with van der Waals surface area (Å²) in [6.07, 6.45) is 1.93. The Bertz CT molecular complexity index is 498. The molecule has 0 aliphatic heterocycles. The van der Waals surface area contributed by atoms with Gasteiger partial charge in [0.05, 0.1) is 22.3 Å². The summed E-state index contributed by atoms with van der Waals surface area (Å²) in [5.74, 6) is 0.855. The van der Waals surface area contributed by atoms with E-state index in [1.54, 1.807) is 18.4 Å². The van der Waals surface area contributed by atoms with Crippen molar-refractivity contribution in [3.05, 3.63) is 21.6 Å². The van der Waals surface area contributed by atoms with Gasteiger partial charge in [0.2, 0.25) is 0 Å². The van der Waals surface area contributed by atoms with Gasteiger partial charge in [0.15, 0.2) is 0 Å². The minimum Gasteiger partial charge on any atom is -0.497 e. The van der Waals surface area contributed by atoms with E-state index in [1.165, 1.54) is 0 Å². The second-order valence-corrected chi connectivity index (χ2v) is 5.43. The van der Waals surface area contributed by atoms with Crippen molar-refractivity contribution in [2.75, 3.05) is 13.7 Å². The molecule has 0 fully saturated rings. The molecule has 2 N–H and O–H groups in total.